The molecule has 0 spiro atoms. The molecule has 0 atom stereocenters. The van der Waals surface area contributed by atoms with Crippen molar-refractivity contribution in [2.24, 2.45) is 5.73 Å². The summed E-state index contributed by atoms with van der Waals surface area (Å²) in [4.78, 5) is 13.7. The van der Waals surface area contributed by atoms with Crippen LogP contribution in [0.3, 0.4) is 0 Å². The maximum Gasteiger partial charge on any atom is 0.248 e. The van der Waals surface area contributed by atoms with E-state index in [1.54, 1.807) is 12.1 Å². The first-order valence-electron chi connectivity index (χ1n) is 11.6. The molecule has 0 fully saturated rings. The monoisotopic (exact) mass is 471 g/mol. The third-order valence-corrected chi connectivity index (χ3v) is 5.93. The van der Waals surface area contributed by atoms with Crippen LogP contribution in [0.1, 0.15) is 17.5 Å². The van der Waals surface area contributed by atoms with E-state index in [9.17, 15) is 9.18 Å². The number of primary amides is 1. The van der Waals surface area contributed by atoms with Crippen LogP contribution >= 0.6 is 0 Å². The lowest BCUT2D eigenvalue weighted by atomic mass is 10.0. The number of nitrogens with two attached hydrogens (primary N) is 1. The van der Waals surface area contributed by atoms with E-state index >= 15 is 0 Å². The predicted octanol–water partition coefficient (Wildman–Crippen LogP) is 4.90. The van der Waals surface area contributed by atoms with E-state index in [0.29, 0.717) is 17.7 Å². The van der Waals surface area contributed by atoms with Gasteiger partial charge in [-0.05, 0) is 68.0 Å². The second-order valence-corrected chi connectivity index (χ2v) is 8.84. The minimum Gasteiger partial charge on any atom is -0.366 e. The van der Waals surface area contributed by atoms with Gasteiger partial charge in [-0.3, -0.25) is 4.79 Å². The number of aromatic nitrogens is 2. The Bertz CT molecular complexity index is 1380. The first kappa shape index (κ1) is 24.2. The smallest absolute Gasteiger partial charge is 0.248 e. The van der Waals surface area contributed by atoms with Gasteiger partial charge in [0.15, 0.2) is 0 Å². The third kappa shape index (κ3) is 5.58. The van der Waals surface area contributed by atoms with Crippen LogP contribution in [-0.2, 0) is 17.9 Å². The Hall–Kier alpha value is -3.97. The Labute approximate surface area is 204 Å². The Morgan fingerprint density at radius 3 is 2.66 bits per heavy atom. The van der Waals surface area contributed by atoms with E-state index in [2.05, 4.69) is 16.8 Å². The van der Waals surface area contributed by atoms with Crippen molar-refractivity contribution in [1.29, 1.82) is 0 Å². The van der Waals surface area contributed by atoms with Gasteiger partial charge in [-0.25, -0.2) is 9.07 Å². The summed E-state index contributed by atoms with van der Waals surface area (Å²) in [7, 11) is 4.10. The van der Waals surface area contributed by atoms with Crippen LogP contribution in [0.4, 0.5) is 10.2 Å². The van der Waals surface area contributed by atoms with Crippen molar-refractivity contribution in [3.8, 4) is 11.1 Å². The first-order chi connectivity index (χ1) is 16.8. The van der Waals surface area contributed by atoms with E-state index in [0.717, 1.165) is 47.4 Å². The average molecular weight is 472 g/mol. The van der Waals surface area contributed by atoms with E-state index in [1.165, 1.54) is 6.07 Å². The summed E-state index contributed by atoms with van der Waals surface area (Å²) in [6.45, 7) is 5.99. The number of rotatable bonds is 10. The fourth-order valence-corrected chi connectivity index (χ4v) is 4.08. The van der Waals surface area contributed by atoms with Gasteiger partial charge in [-0.2, -0.15) is 5.10 Å². The summed E-state index contributed by atoms with van der Waals surface area (Å²) < 4.78 is 16.3. The second-order valence-electron chi connectivity index (χ2n) is 8.84. The van der Waals surface area contributed by atoms with Crippen LogP contribution in [-0.4, -0.2) is 41.2 Å². The molecule has 1 heterocycles. The van der Waals surface area contributed by atoms with Gasteiger partial charge in [0.2, 0.25) is 5.91 Å². The molecule has 0 aliphatic heterocycles. The summed E-state index contributed by atoms with van der Waals surface area (Å²) >= 11 is 0. The maximum absolute atomic E-state index is 14.4. The maximum atomic E-state index is 14.4. The van der Waals surface area contributed by atoms with E-state index in [4.69, 9.17) is 10.8 Å². The molecule has 3 aromatic carbocycles. The topological polar surface area (TPSA) is 76.2 Å². The number of hydrogen-bond acceptors (Lipinski definition) is 4. The minimum atomic E-state index is -0.536. The summed E-state index contributed by atoms with van der Waals surface area (Å²) in [5.74, 6) is 0.108. The van der Waals surface area contributed by atoms with Crippen LogP contribution in [0.5, 0.6) is 0 Å². The molecule has 0 bridgehead atoms. The van der Waals surface area contributed by atoms with E-state index in [-0.39, 0.29) is 11.4 Å². The summed E-state index contributed by atoms with van der Waals surface area (Å²) in [5, 5.41) is 9.33. The number of aryl methyl sites for hydroxylation is 1. The lowest BCUT2D eigenvalue weighted by Crippen LogP contribution is -2.16. The molecule has 4 aromatic rings. The molecule has 35 heavy (non-hydrogen) atoms. The van der Waals surface area contributed by atoms with Crippen molar-refractivity contribution >= 4 is 28.2 Å². The molecule has 1 aromatic heterocycles. The van der Waals surface area contributed by atoms with Gasteiger partial charge in [-0.1, -0.05) is 49.0 Å². The number of nitrogens with one attached hydrogen (secondary N) is 1. The van der Waals surface area contributed by atoms with Gasteiger partial charge in [-0.15, -0.1) is 0 Å². The normalized spacial score (nSPS) is 11.2. The zero-order valence-corrected chi connectivity index (χ0v) is 20.1. The van der Waals surface area contributed by atoms with Crippen molar-refractivity contribution in [1.82, 2.24) is 14.7 Å². The summed E-state index contributed by atoms with van der Waals surface area (Å²) in [6, 6.07) is 20.2. The molecule has 7 heteroatoms. The number of anilines is 1. The molecule has 4 rings (SSSR count). The third-order valence-electron chi connectivity index (χ3n) is 5.93. The highest BCUT2D eigenvalue weighted by molar-refractivity contribution is 6.17. The molecule has 6 nitrogen and oxygen atoms in total. The fourth-order valence-electron chi connectivity index (χ4n) is 4.08. The van der Waals surface area contributed by atoms with E-state index < -0.39 is 5.91 Å². The summed E-state index contributed by atoms with van der Waals surface area (Å²) in [5.41, 5.74) is 9.51. The number of carbonyl (C=O) groups excluding carboxylic acids is 1. The Kier molecular flexibility index (Phi) is 7.27. The van der Waals surface area contributed by atoms with Crippen LogP contribution in [0.2, 0.25) is 0 Å². The van der Waals surface area contributed by atoms with Crippen LogP contribution in [0.25, 0.3) is 27.6 Å². The van der Waals surface area contributed by atoms with Gasteiger partial charge in [0, 0.05) is 29.6 Å². The zero-order valence-electron chi connectivity index (χ0n) is 20.1. The number of amides is 1. The number of carbonyl (C=O) groups is 1. The highest BCUT2D eigenvalue weighted by Crippen LogP contribution is 2.30. The molecule has 0 unspecified atom stereocenters. The Morgan fingerprint density at radius 1 is 1.11 bits per heavy atom. The lowest BCUT2D eigenvalue weighted by Gasteiger charge is -2.13. The number of fused-ring (bicyclic) bond motifs is 1. The number of hydrogen-bond donors (Lipinski definition) is 2. The molecular weight excluding hydrogens is 441 g/mol. The zero-order chi connectivity index (χ0) is 24.9. The van der Waals surface area contributed by atoms with Crippen molar-refractivity contribution in [3.63, 3.8) is 0 Å². The molecule has 0 saturated heterocycles. The Morgan fingerprint density at radius 2 is 1.91 bits per heavy atom. The molecule has 180 valence electrons. The molecule has 0 radical (unpaired) electrons. The first-order valence-corrected chi connectivity index (χ1v) is 11.6. The van der Waals surface area contributed by atoms with Gasteiger partial charge < -0.3 is 16.0 Å². The van der Waals surface area contributed by atoms with Crippen LogP contribution in [0.15, 0.2) is 73.3 Å². The summed E-state index contributed by atoms with van der Waals surface area (Å²) in [6.07, 6.45) is 0.934. The Balaban J connectivity index is 1.65. The van der Waals surface area contributed by atoms with Gasteiger partial charge in [0.1, 0.15) is 11.6 Å². The molecule has 3 N–H and O–H groups in total. The van der Waals surface area contributed by atoms with Gasteiger partial charge >= 0.3 is 0 Å². The lowest BCUT2D eigenvalue weighted by molar-refractivity contribution is -0.112. The minimum absolute atomic E-state index is 0.256. The molecule has 0 saturated carbocycles. The molecule has 0 aliphatic rings. The molecule has 1 amide bonds. The van der Waals surface area contributed by atoms with Crippen LogP contribution in [0, 0.1) is 5.82 Å². The molecule has 0 aliphatic carbocycles. The van der Waals surface area contributed by atoms with Gasteiger partial charge in [0.05, 0.1) is 5.52 Å². The van der Waals surface area contributed by atoms with Crippen molar-refractivity contribution in [2.45, 2.75) is 19.5 Å². The molecular formula is C28H30FN5O. The van der Waals surface area contributed by atoms with Crippen molar-refractivity contribution in [2.75, 3.05) is 26.0 Å². The van der Waals surface area contributed by atoms with Crippen molar-refractivity contribution < 1.29 is 9.18 Å². The quantitative estimate of drug-likeness (QED) is 0.323. The number of halogens is 1. The fraction of sp³-hybridized carbons (Fsp3) is 0.214. The predicted molar refractivity (Wildman–Crippen MR) is 140 cm³/mol. The van der Waals surface area contributed by atoms with Crippen molar-refractivity contribution in [3.05, 3.63) is 90.3 Å². The number of benzene rings is 3. The largest absolute Gasteiger partial charge is 0.366 e. The highest BCUT2D eigenvalue weighted by atomic mass is 19.1. The SMILES string of the molecule is C=C(C(N)=O)c1cccc(CNc2c3ccc(-c4ccccc4F)cc3nn2CCCN(C)C)c1. The highest BCUT2D eigenvalue weighted by Gasteiger charge is 2.14. The van der Waals surface area contributed by atoms with E-state index in [1.807, 2.05) is 67.3 Å². The van der Waals surface area contributed by atoms with Crippen LogP contribution < -0.4 is 11.1 Å². The number of nitrogens with zero attached hydrogens (tertiary/aromatic N) is 3. The standard InChI is InChI=1S/C28H30FN5O/c1-19(27(30)35)21-9-6-8-20(16-21)18-31-28-24-13-12-22(23-10-4-5-11-25(23)29)17-26(24)32-34(28)15-7-14-33(2)3/h4-6,8-13,16-17,31H,1,7,14-15,18H2,2-3H3,(H2,30,35). The average Bonchev–Trinajstić information content (AvgIpc) is 3.18. The van der Waals surface area contributed by atoms with Gasteiger partial charge in [0.25, 0.3) is 0 Å². The second kappa shape index (κ2) is 10.5.